The summed E-state index contributed by atoms with van der Waals surface area (Å²) < 4.78 is 1.84. The Hall–Kier alpha value is -1.84. The summed E-state index contributed by atoms with van der Waals surface area (Å²) in [4.78, 5) is 10.5. The second kappa shape index (κ2) is 2.83. The molecule has 0 aliphatic rings. The summed E-state index contributed by atoms with van der Waals surface area (Å²) in [6.45, 7) is 3.66. The molecule has 0 atom stereocenters. The first-order chi connectivity index (χ1) is 6.63. The number of aryl methyl sites for hydroxylation is 1. The number of nitrogens with zero attached hydrogens (tertiary/aromatic N) is 2. The lowest BCUT2D eigenvalue weighted by molar-refractivity contribution is -0.383. The molecule has 0 saturated heterocycles. The molecule has 0 radical (unpaired) electrons. The number of fused-ring (bicyclic) bond motifs is 1. The maximum atomic E-state index is 10.8. The molecular formula is C10H10N2O2. The van der Waals surface area contributed by atoms with Crippen LogP contribution in [-0.4, -0.2) is 9.32 Å². The number of hydrogen-bond acceptors (Lipinski definition) is 2. The first kappa shape index (κ1) is 8.74. The molecular weight excluding hydrogens is 180 g/mol. The molecule has 0 unspecified atom stereocenters. The van der Waals surface area contributed by atoms with Gasteiger partial charge in [-0.2, -0.15) is 0 Å². The van der Waals surface area contributed by atoms with Gasteiger partial charge in [-0.05, 0) is 26.0 Å². The monoisotopic (exact) mass is 190 g/mol. The van der Waals surface area contributed by atoms with Crippen molar-refractivity contribution in [1.29, 1.82) is 0 Å². The Balaban J connectivity index is 2.95. The Bertz CT molecular complexity index is 514. The van der Waals surface area contributed by atoms with E-state index in [4.69, 9.17) is 0 Å². The Kier molecular flexibility index (Phi) is 1.77. The van der Waals surface area contributed by atoms with Crippen molar-refractivity contribution in [3.05, 3.63) is 45.8 Å². The molecule has 14 heavy (non-hydrogen) atoms. The van der Waals surface area contributed by atoms with Gasteiger partial charge in [0.15, 0.2) is 0 Å². The molecule has 72 valence electrons. The van der Waals surface area contributed by atoms with E-state index < -0.39 is 0 Å². The van der Waals surface area contributed by atoms with Crippen molar-refractivity contribution in [3.8, 4) is 0 Å². The predicted octanol–water partition coefficient (Wildman–Crippen LogP) is 2.46. The molecule has 0 N–H and O–H groups in total. The molecule has 0 bridgehead atoms. The lowest BCUT2D eigenvalue weighted by Crippen LogP contribution is -1.88. The summed E-state index contributed by atoms with van der Waals surface area (Å²) in [6, 6.07) is 5.43. The van der Waals surface area contributed by atoms with Crippen molar-refractivity contribution in [1.82, 2.24) is 4.40 Å². The average molecular weight is 190 g/mol. The molecule has 4 nitrogen and oxygen atoms in total. The maximum absolute atomic E-state index is 10.8. The van der Waals surface area contributed by atoms with Crippen molar-refractivity contribution in [2.24, 2.45) is 0 Å². The largest absolute Gasteiger partial charge is 0.315 e. The van der Waals surface area contributed by atoms with Crippen LogP contribution in [0.5, 0.6) is 0 Å². The molecule has 2 aromatic heterocycles. The summed E-state index contributed by atoms with van der Waals surface area (Å²) >= 11 is 0. The van der Waals surface area contributed by atoms with Crippen LogP contribution >= 0.6 is 0 Å². The summed E-state index contributed by atoms with van der Waals surface area (Å²) in [5, 5.41) is 10.8. The van der Waals surface area contributed by atoms with Gasteiger partial charge in [0, 0.05) is 17.5 Å². The normalized spacial score (nSPS) is 10.7. The molecule has 0 spiro atoms. The minimum Gasteiger partial charge on any atom is -0.315 e. The highest BCUT2D eigenvalue weighted by atomic mass is 16.6. The van der Waals surface area contributed by atoms with Gasteiger partial charge in [-0.3, -0.25) is 10.1 Å². The summed E-state index contributed by atoms with van der Waals surface area (Å²) in [7, 11) is 0. The number of pyridine rings is 1. The van der Waals surface area contributed by atoms with Crippen molar-refractivity contribution in [2.45, 2.75) is 13.8 Å². The summed E-state index contributed by atoms with van der Waals surface area (Å²) in [5.74, 6) is 0. The van der Waals surface area contributed by atoms with E-state index in [-0.39, 0.29) is 10.6 Å². The van der Waals surface area contributed by atoms with Gasteiger partial charge < -0.3 is 4.40 Å². The molecule has 2 rings (SSSR count). The van der Waals surface area contributed by atoms with Gasteiger partial charge in [-0.15, -0.1) is 0 Å². The number of aromatic nitrogens is 1. The van der Waals surface area contributed by atoms with Crippen LogP contribution in [0.15, 0.2) is 24.4 Å². The molecule has 0 amide bonds. The van der Waals surface area contributed by atoms with E-state index in [1.807, 2.05) is 23.6 Å². The van der Waals surface area contributed by atoms with E-state index in [2.05, 4.69) is 0 Å². The number of nitro groups is 1. The minimum atomic E-state index is -0.322. The van der Waals surface area contributed by atoms with Crippen LogP contribution in [0.3, 0.4) is 0 Å². The van der Waals surface area contributed by atoms with Crippen molar-refractivity contribution < 1.29 is 4.92 Å². The summed E-state index contributed by atoms with van der Waals surface area (Å²) in [5.41, 5.74) is 2.53. The summed E-state index contributed by atoms with van der Waals surface area (Å²) in [6.07, 6.45) is 1.84. The van der Waals surface area contributed by atoms with Crippen LogP contribution in [0.1, 0.15) is 11.3 Å². The van der Waals surface area contributed by atoms with E-state index in [0.717, 1.165) is 11.3 Å². The highest BCUT2D eigenvalue weighted by Crippen LogP contribution is 2.29. The zero-order valence-electron chi connectivity index (χ0n) is 8.02. The van der Waals surface area contributed by atoms with Gasteiger partial charge in [0.25, 0.3) is 5.69 Å². The molecule has 0 aliphatic carbocycles. The van der Waals surface area contributed by atoms with Gasteiger partial charge in [0.05, 0.1) is 4.92 Å². The van der Waals surface area contributed by atoms with Crippen LogP contribution in [0.25, 0.3) is 5.52 Å². The Labute approximate surface area is 80.9 Å². The van der Waals surface area contributed by atoms with E-state index in [9.17, 15) is 10.1 Å². The zero-order valence-corrected chi connectivity index (χ0v) is 8.02. The number of rotatable bonds is 1. The van der Waals surface area contributed by atoms with Crippen LogP contribution in [0.2, 0.25) is 0 Å². The first-order valence-electron chi connectivity index (χ1n) is 4.33. The van der Waals surface area contributed by atoms with Gasteiger partial charge in [-0.1, -0.05) is 6.07 Å². The quantitative estimate of drug-likeness (QED) is 0.512. The molecule has 0 fully saturated rings. The van der Waals surface area contributed by atoms with Crippen LogP contribution in [-0.2, 0) is 0 Å². The fourth-order valence-corrected chi connectivity index (χ4v) is 1.70. The average Bonchev–Trinajstić information content (AvgIpc) is 2.41. The molecule has 2 heterocycles. The third kappa shape index (κ3) is 1.00. The number of hydrogen-bond donors (Lipinski definition) is 0. The minimum absolute atomic E-state index is 0.211. The lowest BCUT2D eigenvalue weighted by atomic mass is 10.2. The molecule has 0 aliphatic heterocycles. The van der Waals surface area contributed by atoms with E-state index >= 15 is 0 Å². The van der Waals surface area contributed by atoms with E-state index in [1.165, 1.54) is 0 Å². The van der Waals surface area contributed by atoms with Crippen molar-refractivity contribution in [3.63, 3.8) is 0 Å². The predicted molar refractivity (Wildman–Crippen MR) is 53.5 cm³/mol. The highest BCUT2D eigenvalue weighted by molar-refractivity contribution is 5.71. The third-order valence-electron chi connectivity index (χ3n) is 2.54. The van der Waals surface area contributed by atoms with Gasteiger partial charge >= 0.3 is 0 Å². The molecule has 4 heteroatoms. The molecule has 0 saturated carbocycles. The van der Waals surface area contributed by atoms with Gasteiger partial charge in [0.2, 0.25) is 0 Å². The standard InChI is InChI=1S/C10H10N2O2/c1-7-8(2)11-6-4-3-5-9(11)10(7)12(13)14/h3-6H,1-2H3. The second-order valence-corrected chi connectivity index (χ2v) is 3.27. The highest BCUT2D eigenvalue weighted by Gasteiger charge is 2.20. The molecule has 2 aromatic rings. The van der Waals surface area contributed by atoms with E-state index in [0.29, 0.717) is 5.52 Å². The van der Waals surface area contributed by atoms with Crippen LogP contribution in [0, 0.1) is 24.0 Å². The SMILES string of the molecule is Cc1c([N+](=O)[O-])c2ccccn2c1C. The van der Waals surface area contributed by atoms with E-state index in [1.54, 1.807) is 19.1 Å². The Morgan fingerprint density at radius 3 is 2.71 bits per heavy atom. The Morgan fingerprint density at radius 2 is 2.07 bits per heavy atom. The van der Waals surface area contributed by atoms with Crippen LogP contribution in [0.4, 0.5) is 5.69 Å². The zero-order chi connectivity index (χ0) is 10.3. The lowest BCUT2D eigenvalue weighted by Gasteiger charge is -1.93. The topological polar surface area (TPSA) is 47.5 Å². The Morgan fingerprint density at radius 1 is 1.36 bits per heavy atom. The van der Waals surface area contributed by atoms with Crippen molar-refractivity contribution in [2.75, 3.05) is 0 Å². The fourth-order valence-electron chi connectivity index (χ4n) is 1.70. The fraction of sp³-hybridized carbons (Fsp3) is 0.200. The first-order valence-corrected chi connectivity index (χ1v) is 4.33. The van der Waals surface area contributed by atoms with Crippen LogP contribution < -0.4 is 0 Å². The maximum Gasteiger partial charge on any atom is 0.297 e. The van der Waals surface area contributed by atoms with Gasteiger partial charge in [-0.25, -0.2) is 0 Å². The second-order valence-electron chi connectivity index (χ2n) is 3.27. The van der Waals surface area contributed by atoms with Gasteiger partial charge in [0.1, 0.15) is 5.52 Å². The third-order valence-corrected chi connectivity index (χ3v) is 2.54. The van der Waals surface area contributed by atoms with Crippen molar-refractivity contribution >= 4 is 11.2 Å². The molecule has 0 aromatic carbocycles. The smallest absolute Gasteiger partial charge is 0.297 e.